The summed E-state index contributed by atoms with van der Waals surface area (Å²) in [5.41, 5.74) is 2.22. The van der Waals surface area contributed by atoms with Crippen LogP contribution in [-0.4, -0.2) is 56.1 Å². The van der Waals surface area contributed by atoms with Gasteiger partial charge in [0.2, 0.25) is 15.9 Å². The number of carbonyl (C=O) groups excluding carboxylic acids is 1. The van der Waals surface area contributed by atoms with E-state index in [9.17, 15) is 18.5 Å². The number of nitrogens with zero attached hydrogens (tertiary/aromatic N) is 2. The predicted molar refractivity (Wildman–Crippen MR) is 114 cm³/mol. The number of hydrogen-bond acceptors (Lipinski definition) is 5. The number of piperidine rings is 2. The van der Waals surface area contributed by atoms with Crippen molar-refractivity contribution in [2.24, 2.45) is 5.92 Å². The maximum Gasteiger partial charge on any atom is 0.238 e. The van der Waals surface area contributed by atoms with Crippen LogP contribution in [0, 0.1) is 17.2 Å². The number of amides is 1. The highest BCUT2D eigenvalue weighted by molar-refractivity contribution is 7.88. The Hall–Kier alpha value is -1.95. The van der Waals surface area contributed by atoms with Crippen LogP contribution in [0.2, 0.25) is 0 Å². The van der Waals surface area contributed by atoms with Gasteiger partial charge in [0.1, 0.15) is 6.04 Å². The molecular weight excluding hydrogens is 400 g/mol. The number of rotatable bonds is 6. The zero-order chi connectivity index (χ0) is 21.3. The fraction of sp³-hybridized carbons (Fsp3) is 0.636. The SMILES string of the molecule is CS(=O)(=O)N1CCC(c2ccc(C[C@@H](C#N)NC(=O)[C@H]3NC4CC[C@H]3C4)cc2)CC1. The third-order valence-corrected chi connectivity index (χ3v) is 8.23. The van der Waals surface area contributed by atoms with Crippen molar-refractivity contribution in [2.75, 3.05) is 19.3 Å². The van der Waals surface area contributed by atoms with Gasteiger partial charge in [-0.15, -0.1) is 0 Å². The third kappa shape index (κ3) is 4.69. The van der Waals surface area contributed by atoms with Gasteiger partial charge in [-0.05, 0) is 55.1 Å². The van der Waals surface area contributed by atoms with Crippen molar-refractivity contribution in [1.82, 2.24) is 14.9 Å². The van der Waals surface area contributed by atoms with E-state index in [4.69, 9.17) is 0 Å². The Morgan fingerprint density at radius 1 is 1.23 bits per heavy atom. The first-order valence-corrected chi connectivity index (χ1v) is 12.7. The molecule has 4 atom stereocenters. The monoisotopic (exact) mass is 430 g/mol. The summed E-state index contributed by atoms with van der Waals surface area (Å²) in [7, 11) is -3.11. The molecule has 1 aromatic carbocycles. The molecule has 2 bridgehead atoms. The van der Waals surface area contributed by atoms with Crippen molar-refractivity contribution < 1.29 is 13.2 Å². The van der Waals surface area contributed by atoms with Crippen molar-refractivity contribution in [3.63, 3.8) is 0 Å². The fourth-order valence-electron chi connectivity index (χ4n) is 5.22. The summed E-state index contributed by atoms with van der Waals surface area (Å²) in [5.74, 6) is 0.707. The molecule has 0 radical (unpaired) electrons. The first-order chi connectivity index (χ1) is 14.3. The normalized spacial score (nSPS) is 28.2. The summed E-state index contributed by atoms with van der Waals surface area (Å²) in [6.45, 7) is 1.12. The highest BCUT2D eigenvalue weighted by Crippen LogP contribution is 2.35. The number of carbonyl (C=O) groups is 1. The van der Waals surface area contributed by atoms with Gasteiger partial charge in [0.15, 0.2) is 0 Å². The average molecular weight is 431 g/mol. The largest absolute Gasteiger partial charge is 0.339 e. The second-order valence-electron chi connectivity index (χ2n) is 8.99. The van der Waals surface area contributed by atoms with Gasteiger partial charge in [0.25, 0.3) is 0 Å². The van der Waals surface area contributed by atoms with Gasteiger partial charge in [-0.25, -0.2) is 12.7 Å². The van der Waals surface area contributed by atoms with E-state index in [0.29, 0.717) is 37.4 Å². The van der Waals surface area contributed by atoms with Crippen LogP contribution in [0.4, 0.5) is 0 Å². The molecule has 1 amide bonds. The summed E-state index contributed by atoms with van der Waals surface area (Å²) in [4.78, 5) is 12.6. The minimum atomic E-state index is -3.11. The van der Waals surface area contributed by atoms with Crippen molar-refractivity contribution in [2.45, 2.75) is 62.6 Å². The minimum absolute atomic E-state index is 0.0528. The maximum absolute atomic E-state index is 12.6. The van der Waals surface area contributed by atoms with Gasteiger partial charge in [-0.3, -0.25) is 4.79 Å². The number of benzene rings is 1. The number of sulfonamides is 1. The molecule has 0 aromatic heterocycles. The Morgan fingerprint density at radius 2 is 1.93 bits per heavy atom. The number of fused-ring (bicyclic) bond motifs is 2. The summed E-state index contributed by atoms with van der Waals surface area (Å²) in [6.07, 6.45) is 6.70. The van der Waals surface area contributed by atoms with E-state index in [2.05, 4.69) is 28.8 Å². The van der Waals surface area contributed by atoms with Crippen LogP contribution in [0.3, 0.4) is 0 Å². The van der Waals surface area contributed by atoms with Crippen molar-refractivity contribution in [3.8, 4) is 6.07 Å². The number of nitriles is 1. The van der Waals surface area contributed by atoms with Gasteiger partial charge >= 0.3 is 0 Å². The lowest BCUT2D eigenvalue weighted by atomic mass is 9.89. The molecule has 0 spiro atoms. The lowest BCUT2D eigenvalue weighted by molar-refractivity contribution is -0.124. The Bertz CT molecular complexity index is 917. The van der Waals surface area contributed by atoms with E-state index in [1.807, 2.05) is 12.1 Å². The quantitative estimate of drug-likeness (QED) is 0.712. The van der Waals surface area contributed by atoms with E-state index >= 15 is 0 Å². The zero-order valence-electron chi connectivity index (χ0n) is 17.4. The molecule has 2 aliphatic heterocycles. The fourth-order valence-corrected chi connectivity index (χ4v) is 6.10. The molecule has 2 saturated heterocycles. The van der Waals surface area contributed by atoms with E-state index in [1.54, 1.807) is 4.31 Å². The lowest BCUT2D eigenvalue weighted by Crippen LogP contribution is -2.50. The molecule has 3 aliphatic rings. The van der Waals surface area contributed by atoms with Gasteiger partial charge in [0.05, 0.1) is 18.4 Å². The second kappa shape index (κ2) is 8.66. The summed E-state index contributed by atoms with van der Waals surface area (Å²) in [6, 6.07) is 10.2. The average Bonchev–Trinajstić information content (AvgIpc) is 3.37. The van der Waals surface area contributed by atoms with E-state index in [-0.39, 0.29) is 11.9 Å². The van der Waals surface area contributed by atoms with Crippen LogP contribution < -0.4 is 10.6 Å². The Labute approximate surface area is 178 Å². The smallest absolute Gasteiger partial charge is 0.238 e. The molecule has 30 heavy (non-hydrogen) atoms. The van der Waals surface area contributed by atoms with Crippen LogP contribution in [-0.2, 0) is 21.2 Å². The molecule has 1 saturated carbocycles. The maximum atomic E-state index is 12.6. The van der Waals surface area contributed by atoms with Gasteiger partial charge in [-0.2, -0.15) is 5.26 Å². The Balaban J connectivity index is 1.30. The first kappa shape index (κ1) is 21.3. The molecule has 8 heteroatoms. The minimum Gasteiger partial charge on any atom is -0.339 e. The van der Waals surface area contributed by atoms with E-state index in [0.717, 1.165) is 37.7 Å². The van der Waals surface area contributed by atoms with Gasteiger partial charge in [0, 0.05) is 25.6 Å². The standard InChI is InChI=1S/C22H30N4O3S/c1-30(28,29)26-10-8-17(9-11-26)16-4-2-15(3-5-16)12-20(14-23)25-22(27)21-18-6-7-19(13-18)24-21/h2-5,17-21,24H,6-13H2,1H3,(H,25,27)/t18-,19?,20-,21-/m0/s1. The summed E-state index contributed by atoms with van der Waals surface area (Å²) >= 11 is 0. The second-order valence-corrected chi connectivity index (χ2v) is 11.0. The van der Waals surface area contributed by atoms with Crippen molar-refractivity contribution in [3.05, 3.63) is 35.4 Å². The predicted octanol–water partition coefficient (Wildman–Crippen LogP) is 1.52. The molecule has 7 nitrogen and oxygen atoms in total. The lowest BCUT2D eigenvalue weighted by Gasteiger charge is -2.30. The third-order valence-electron chi connectivity index (χ3n) is 6.93. The number of hydrogen-bond donors (Lipinski definition) is 2. The highest BCUT2D eigenvalue weighted by Gasteiger charge is 2.43. The molecule has 1 aliphatic carbocycles. The van der Waals surface area contributed by atoms with Crippen molar-refractivity contribution >= 4 is 15.9 Å². The van der Waals surface area contributed by atoms with Crippen molar-refractivity contribution in [1.29, 1.82) is 5.26 Å². The van der Waals surface area contributed by atoms with Crippen LogP contribution in [0.15, 0.2) is 24.3 Å². The van der Waals surface area contributed by atoms with Gasteiger partial charge in [-0.1, -0.05) is 24.3 Å². The van der Waals surface area contributed by atoms with Crippen LogP contribution in [0.5, 0.6) is 0 Å². The van der Waals surface area contributed by atoms with Crippen LogP contribution >= 0.6 is 0 Å². The molecule has 2 heterocycles. The van der Waals surface area contributed by atoms with Crippen LogP contribution in [0.25, 0.3) is 0 Å². The number of nitrogens with one attached hydrogen (secondary N) is 2. The summed E-state index contributed by atoms with van der Waals surface area (Å²) in [5, 5.41) is 15.8. The van der Waals surface area contributed by atoms with E-state index in [1.165, 1.54) is 11.8 Å². The Morgan fingerprint density at radius 3 is 2.47 bits per heavy atom. The molecular formula is C22H30N4O3S. The van der Waals surface area contributed by atoms with Crippen LogP contribution in [0.1, 0.15) is 49.1 Å². The van der Waals surface area contributed by atoms with E-state index < -0.39 is 16.1 Å². The van der Waals surface area contributed by atoms with Gasteiger partial charge < -0.3 is 10.6 Å². The topological polar surface area (TPSA) is 102 Å². The molecule has 3 fully saturated rings. The molecule has 4 rings (SSSR count). The first-order valence-electron chi connectivity index (χ1n) is 10.8. The summed E-state index contributed by atoms with van der Waals surface area (Å²) < 4.78 is 24.9. The Kier molecular flexibility index (Phi) is 6.14. The molecule has 2 N–H and O–H groups in total. The highest BCUT2D eigenvalue weighted by atomic mass is 32.2. The molecule has 1 unspecified atom stereocenters. The zero-order valence-corrected chi connectivity index (χ0v) is 18.2. The molecule has 162 valence electrons. The molecule has 1 aromatic rings.